The van der Waals surface area contributed by atoms with Crippen LogP contribution in [0.25, 0.3) is 6.08 Å². The van der Waals surface area contributed by atoms with Gasteiger partial charge >= 0.3 is 11.7 Å². The minimum absolute atomic E-state index is 0.0434. The Morgan fingerprint density at radius 3 is 2.63 bits per heavy atom. The molecule has 10 nitrogen and oxygen atoms in total. The second-order valence-electron chi connectivity index (χ2n) is 6.01. The monoisotopic (exact) mass is 431 g/mol. The van der Waals surface area contributed by atoms with Crippen molar-refractivity contribution in [3.05, 3.63) is 62.7 Å². The fourth-order valence-corrected chi connectivity index (χ4v) is 2.96. The summed E-state index contributed by atoms with van der Waals surface area (Å²) in [6.07, 6.45) is 1.07. The molecule has 4 amide bonds. The largest absolute Gasteiger partial charge is 0.500 e. The maximum Gasteiger partial charge on any atom is 0.335 e. The Kier molecular flexibility index (Phi) is 5.70. The van der Waals surface area contributed by atoms with E-state index in [4.69, 9.17) is 16.3 Å². The lowest BCUT2D eigenvalue weighted by molar-refractivity contribution is -0.386. The van der Waals surface area contributed by atoms with Crippen molar-refractivity contribution in [3.63, 3.8) is 0 Å². The van der Waals surface area contributed by atoms with Crippen LogP contribution in [-0.4, -0.2) is 34.5 Å². The number of phenols is 1. The molecule has 0 saturated carbocycles. The lowest BCUT2D eigenvalue weighted by Crippen LogP contribution is -2.54. The Bertz CT molecular complexity index is 1110. The van der Waals surface area contributed by atoms with Crippen molar-refractivity contribution in [2.75, 3.05) is 11.5 Å². The standard InChI is InChI=1S/C19H14ClN3O7/c1-2-30-15-8-10(7-14(16(15)24)23(28)29)6-13-17(25)21-19(27)22(18(13)26)12-5-3-4-11(20)9-12/h3-9,24H,2H2,1H3,(H,21,25,27)/b13-6-. The molecular weight excluding hydrogens is 418 g/mol. The van der Waals surface area contributed by atoms with Crippen LogP contribution in [0.2, 0.25) is 5.02 Å². The number of nitro benzene ring substituents is 1. The first-order valence-corrected chi connectivity index (χ1v) is 8.92. The molecule has 2 aromatic carbocycles. The van der Waals surface area contributed by atoms with Crippen LogP contribution in [0.4, 0.5) is 16.2 Å². The molecule has 2 aromatic rings. The zero-order valence-corrected chi connectivity index (χ0v) is 16.2. The van der Waals surface area contributed by atoms with Gasteiger partial charge in [-0.15, -0.1) is 0 Å². The number of barbiturate groups is 1. The third-order valence-electron chi connectivity index (χ3n) is 4.05. The molecule has 0 unspecified atom stereocenters. The van der Waals surface area contributed by atoms with Crippen LogP contribution in [0.15, 0.2) is 42.0 Å². The van der Waals surface area contributed by atoms with Crippen LogP contribution in [0, 0.1) is 10.1 Å². The van der Waals surface area contributed by atoms with Gasteiger partial charge in [-0.2, -0.15) is 0 Å². The lowest BCUT2D eigenvalue weighted by atomic mass is 10.1. The Balaban J connectivity index is 2.09. The summed E-state index contributed by atoms with van der Waals surface area (Å²) in [6, 6.07) is 7.14. The van der Waals surface area contributed by atoms with Gasteiger partial charge in [0.25, 0.3) is 11.8 Å². The van der Waals surface area contributed by atoms with Crippen LogP contribution in [0.3, 0.4) is 0 Å². The van der Waals surface area contributed by atoms with E-state index in [-0.39, 0.29) is 28.6 Å². The van der Waals surface area contributed by atoms with Crippen molar-refractivity contribution in [3.8, 4) is 11.5 Å². The maximum absolute atomic E-state index is 12.9. The van der Waals surface area contributed by atoms with Gasteiger partial charge in [0, 0.05) is 11.1 Å². The third-order valence-corrected chi connectivity index (χ3v) is 4.29. The van der Waals surface area contributed by atoms with Crippen molar-refractivity contribution >= 4 is 46.9 Å². The van der Waals surface area contributed by atoms with Crippen molar-refractivity contribution in [1.29, 1.82) is 0 Å². The molecule has 1 saturated heterocycles. The molecule has 0 atom stereocenters. The number of benzene rings is 2. The van der Waals surface area contributed by atoms with Crippen molar-refractivity contribution in [2.45, 2.75) is 6.92 Å². The summed E-state index contributed by atoms with van der Waals surface area (Å²) >= 11 is 5.91. The summed E-state index contributed by atoms with van der Waals surface area (Å²) in [5, 5.41) is 23.5. The zero-order valence-electron chi connectivity index (χ0n) is 15.4. The quantitative estimate of drug-likeness (QED) is 0.321. The number of nitrogens with zero attached hydrogens (tertiary/aromatic N) is 2. The smallest absolute Gasteiger partial charge is 0.335 e. The average molecular weight is 432 g/mol. The number of carbonyl (C=O) groups excluding carboxylic acids is 3. The second-order valence-corrected chi connectivity index (χ2v) is 6.45. The van der Waals surface area contributed by atoms with E-state index in [0.29, 0.717) is 0 Å². The first-order chi connectivity index (χ1) is 14.2. The van der Waals surface area contributed by atoms with Gasteiger partial charge in [-0.3, -0.25) is 25.0 Å². The highest BCUT2D eigenvalue weighted by atomic mass is 35.5. The molecule has 0 aromatic heterocycles. The number of aromatic hydroxyl groups is 1. The van der Waals surface area contributed by atoms with Gasteiger partial charge in [0.15, 0.2) is 5.75 Å². The topological polar surface area (TPSA) is 139 Å². The number of anilines is 1. The molecule has 0 bridgehead atoms. The predicted molar refractivity (Wildman–Crippen MR) is 106 cm³/mol. The van der Waals surface area contributed by atoms with Crippen molar-refractivity contribution < 1.29 is 29.2 Å². The number of halogens is 1. The molecule has 1 fully saturated rings. The molecule has 2 N–H and O–H groups in total. The highest BCUT2D eigenvalue weighted by Gasteiger charge is 2.37. The van der Waals surface area contributed by atoms with Gasteiger partial charge in [0.1, 0.15) is 5.57 Å². The van der Waals surface area contributed by atoms with Gasteiger partial charge in [-0.1, -0.05) is 17.7 Å². The fraction of sp³-hybridized carbons (Fsp3) is 0.105. The van der Waals surface area contributed by atoms with E-state index >= 15 is 0 Å². The fourth-order valence-electron chi connectivity index (χ4n) is 2.78. The summed E-state index contributed by atoms with van der Waals surface area (Å²) in [6.45, 7) is 1.73. The van der Waals surface area contributed by atoms with E-state index in [2.05, 4.69) is 0 Å². The number of urea groups is 1. The number of hydrogen-bond acceptors (Lipinski definition) is 7. The van der Waals surface area contributed by atoms with E-state index < -0.39 is 39.8 Å². The number of imide groups is 2. The normalized spacial score (nSPS) is 15.3. The summed E-state index contributed by atoms with van der Waals surface area (Å²) in [5.41, 5.74) is -0.937. The number of carbonyl (C=O) groups is 3. The molecule has 11 heteroatoms. The zero-order chi connectivity index (χ0) is 22.0. The van der Waals surface area contributed by atoms with E-state index in [9.17, 15) is 29.6 Å². The highest BCUT2D eigenvalue weighted by Crippen LogP contribution is 2.38. The highest BCUT2D eigenvalue weighted by molar-refractivity contribution is 6.39. The molecule has 1 aliphatic rings. The van der Waals surface area contributed by atoms with E-state index in [0.717, 1.165) is 17.0 Å². The number of ether oxygens (including phenoxy) is 1. The number of rotatable bonds is 5. The number of phenolic OH excluding ortho intramolecular Hbond substituents is 1. The lowest BCUT2D eigenvalue weighted by Gasteiger charge is -2.26. The first-order valence-electron chi connectivity index (χ1n) is 8.54. The van der Waals surface area contributed by atoms with Crippen molar-refractivity contribution in [2.24, 2.45) is 0 Å². The summed E-state index contributed by atoms with van der Waals surface area (Å²) in [4.78, 5) is 48.5. The Hall–Kier alpha value is -3.92. The molecule has 0 spiro atoms. The van der Waals surface area contributed by atoms with Crippen LogP contribution >= 0.6 is 11.6 Å². The molecule has 0 aliphatic carbocycles. The summed E-state index contributed by atoms with van der Waals surface area (Å²) < 4.78 is 5.18. The van der Waals surface area contributed by atoms with Crippen LogP contribution in [-0.2, 0) is 9.59 Å². The van der Waals surface area contributed by atoms with Crippen LogP contribution < -0.4 is 15.0 Å². The van der Waals surface area contributed by atoms with E-state index in [1.54, 1.807) is 13.0 Å². The predicted octanol–water partition coefficient (Wildman–Crippen LogP) is 3.02. The molecule has 0 radical (unpaired) electrons. The Morgan fingerprint density at radius 2 is 2.00 bits per heavy atom. The second kappa shape index (κ2) is 8.21. The molecule has 30 heavy (non-hydrogen) atoms. The van der Waals surface area contributed by atoms with Crippen LogP contribution in [0.1, 0.15) is 12.5 Å². The number of nitrogens with one attached hydrogen (secondary N) is 1. The number of amides is 4. The SMILES string of the molecule is CCOc1cc(/C=C2/C(=O)NC(=O)N(c3cccc(Cl)c3)C2=O)cc([N+](=O)[O-])c1O. The average Bonchev–Trinajstić information content (AvgIpc) is 2.67. The van der Waals surface area contributed by atoms with Gasteiger partial charge in [-0.25, -0.2) is 9.69 Å². The number of nitro groups is 1. The minimum Gasteiger partial charge on any atom is -0.500 e. The molecule has 154 valence electrons. The molecule has 3 rings (SSSR count). The maximum atomic E-state index is 12.9. The molecule has 1 aliphatic heterocycles. The Morgan fingerprint density at radius 1 is 1.27 bits per heavy atom. The minimum atomic E-state index is -0.975. The van der Waals surface area contributed by atoms with Gasteiger partial charge in [0.05, 0.1) is 17.2 Å². The van der Waals surface area contributed by atoms with Gasteiger partial charge in [0.2, 0.25) is 5.75 Å². The third kappa shape index (κ3) is 3.94. The van der Waals surface area contributed by atoms with E-state index in [1.165, 1.54) is 24.3 Å². The van der Waals surface area contributed by atoms with Crippen LogP contribution in [0.5, 0.6) is 11.5 Å². The molecular formula is C19H14ClN3O7. The van der Waals surface area contributed by atoms with E-state index in [1.807, 2.05) is 5.32 Å². The van der Waals surface area contributed by atoms with Crippen molar-refractivity contribution in [1.82, 2.24) is 5.32 Å². The first kappa shape index (κ1) is 20.8. The summed E-state index contributed by atoms with van der Waals surface area (Å²) in [7, 11) is 0. The van der Waals surface area contributed by atoms with Gasteiger partial charge in [-0.05, 0) is 42.8 Å². The summed E-state index contributed by atoms with van der Waals surface area (Å²) in [5.74, 6) is -2.79. The molecule has 1 heterocycles. The Labute approximate surface area is 174 Å². The van der Waals surface area contributed by atoms with Gasteiger partial charge < -0.3 is 9.84 Å². The number of hydrogen-bond donors (Lipinski definition) is 2.